The lowest BCUT2D eigenvalue weighted by Gasteiger charge is -2.23. The van der Waals surface area contributed by atoms with E-state index in [1.54, 1.807) is 0 Å². The van der Waals surface area contributed by atoms with Gasteiger partial charge in [-0.15, -0.1) is 24.8 Å². The van der Waals surface area contributed by atoms with Gasteiger partial charge in [-0.25, -0.2) is 0 Å². The molecular weight excluding hydrogens is 207 g/mol. The van der Waals surface area contributed by atoms with Crippen LogP contribution in [-0.4, -0.2) is 30.6 Å². The molecule has 1 atom stereocenters. The average Bonchev–Trinajstić information content (AvgIpc) is 2.52. The Labute approximate surface area is 94.1 Å². The Morgan fingerprint density at radius 1 is 1.23 bits per heavy atom. The summed E-state index contributed by atoms with van der Waals surface area (Å²) in [6, 6.07) is 0.765. The summed E-state index contributed by atoms with van der Waals surface area (Å²) in [6.45, 7) is 5.79. The second-order valence-electron chi connectivity index (χ2n) is 3.52. The Balaban J connectivity index is 0. The van der Waals surface area contributed by atoms with Crippen LogP contribution in [0.15, 0.2) is 0 Å². The molecule has 1 rings (SSSR count). The number of halogens is 2. The molecule has 0 bridgehead atoms. The number of likely N-dealkylation sites (tertiary alicyclic amines) is 1. The highest BCUT2D eigenvalue weighted by Crippen LogP contribution is 2.14. The SMILES string of the molecule is CC(CCCN)N1CCCC1.Cl.Cl. The molecule has 1 saturated heterocycles. The molecule has 2 nitrogen and oxygen atoms in total. The predicted octanol–water partition coefficient (Wildman–Crippen LogP) is 2.05. The van der Waals surface area contributed by atoms with E-state index in [0.29, 0.717) is 0 Å². The monoisotopic (exact) mass is 228 g/mol. The largest absolute Gasteiger partial charge is 0.330 e. The van der Waals surface area contributed by atoms with Crippen LogP contribution >= 0.6 is 24.8 Å². The molecule has 82 valence electrons. The van der Waals surface area contributed by atoms with Crippen LogP contribution in [0.4, 0.5) is 0 Å². The molecule has 1 unspecified atom stereocenters. The van der Waals surface area contributed by atoms with Gasteiger partial charge in [0, 0.05) is 6.04 Å². The van der Waals surface area contributed by atoms with Gasteiger partial charge in [0.15, 0.2) is 0 Å². The van der Waals surface area contributed by atoms with E-state index in [1.165, 1.54) is 38.8 Å². The fourth-order valence-corrected chi connectivity index (χ4v) is 1.78. The Hall–Kier alpha value is 0.500. The Morgan fingerprint density at radius 3 is 2.23 bits per heavy atom. The summed E-state index contributed by atoms with van der Waals surface area (Å²) in [5, 5.41) is 0. The van der Waals surface area contributed by atoms with E-state index < -0.39 is 0 Å². The Bertz CT molecular complexity index is 106. The number of rotatable bonds is 4. The molecule has 0 aromatic carbocycles. The molecule has 13 heavy (non-hydrogen) atoms. The van der Waals surface area contributed by atoms with E-state index in [0.717, 1.165) is 12.6 Å². The summed E-state index contributed by atoms with van der Waals surface area (Å²) in [5.41, 5.74) is 5.46. The van der Waals surface area contributed by atoms with Crippen LogP contribution < -0.4 is 5.73 Å². The molecule has 2 N–H and O–H groups in total. The van der Waals surface area contributed by atoms with Gasteiger partial charge in [-0.3, -0.25) is 0 Å². The molecule has 0 aliphatic carbocycles. The number of nitrogens with zero attached hydrogens (tertiary/aromatic N) is 1. The third kappa shape index (κ3) is 5.74. The second-order valence-corrected chi connectivity index (χ2v) is 3.52. The van der Waals surface area contributed by atoms with Crippen LogP contribution in [0.5, 0.6) is 0 Å². The third-order valence-corrected chi connectivity index (χ3v) is 2.59. The van der Waals surface area contributed by atoms with Gasteiger partial charge < -0.3 is 10.6 Å². The molecular formula is C9H22Cl2N2. The first-order chi connectivity index (χ1) is 5.34. The molecule has 0 aromatic rings. The molecule has 0 spiro atoms. The average molecular weight is 229 g/mol. The minimum Gasteiger partial charge on any atom is -0.330 e. The summed E-state index contributed by atoms with van der Waals surface area (Å²) < 4.78 is 0. The topological polar surface area (TPSA) is 29.3 Å². The zero-order valence-corrected chi connectivity index (χ0v) is 10.0. The van der Waals surface area contributed by atoms with E-state index in [2.05, 4.69) is 11.8 Å². The van der Waals surface area contributed by atoms with Crippen molar-refractivity contribution in [2.24, 2.45) is 5.73 Å². The smallest absolute Gasteiger partial charge is 0.00673 e. The summed E-state index contributed by atoms with van der Waals surface area (Å²) in [6.07, 6.45) is 5.24. The minimum atomic E-state index is 0. The van der Waals surface area contributed by atoms with Crippen LogP contribution in [0, 0.1) is 0 Å². The van der Waals surface area contributed by atoms with Gasteiger partial charge in [0.2, 0.25) is 0 Å². The lowest BCUT2D eigenvalue weighted by Crippen LogP contribution is -2.30. The van der Waals surface area contributed by atoms with Crippen molar-refractivity contribution >= 4 is 24.8 Å². The second kappa shape index (κ2) is 9.07. The van der Waals surface area contributed by atoms with E-state index in [4.69, 9.17) is 5.73 Å². The van der Waals surface area contributed by atoms with Crippen molar-refractivity contribution in [3.8, 4) is 0 Å². The first-order valence-corrected chi connectivity index (χ1v) is 4.78. The van der Waals surface area contributed by atoms with Gasteiger partial charge in [0.25, 0.3) is 0 Å². The van der Waals surface area contributed by atoms with Gasteiger partial charge in [0.05, 0.1) is 0 Å². The standard InChI is InChI=1S/C9H20N2.2ClH/c1-9(5-4-6-10)11-7-2-3-8-11;;/h9H,2-8,10H2,1H3;2*1H. The van der Waals surface area contributed by atoms with Crippen LogP contribution in [0.3, 0.4) is 0 Å². The molecule has 0 saturated carbocycles. The fraction of sp³-hybridized carbons (Fsp3) is 1.00. The molecule has 0 radical (unpaired) electrons. The molecule has 1 aliphatic heterocycles. The maximum Gasteiger partial charge on any atom is 0.00673 e. The third-order valence-electron chi connectivity index (χ3n) is 2.59. The van der Waals surface area contributed by atoms with Crippen molar-refractivity contribution in [1.29, 1.82) is 0 Å². The number of hydrogen-bond donors (Lipinski definition) is 1. The summed E-state index contributed by atoms with van der Waals surface area (Å²) in [4.78, 5) is 2.58. The zero-order chi connectivity index (χ0) is 8.10. The van der Waals surface area contributed by atoms with Crippen molar-refractivity contribution in [2.45, 2.75) is 38.6 Å². The fourth-order valence-electron chi connectivity index (χ4n) is 1.78. The van der Waals surface area contributed by atoms with Crippen LogP contribution in [-0.2, 0) is 0 Å². The van der Waals surface area contributed by atoms with Gasteiger partial charge in [-0.1, -0.05) is 0 Å². The summed E-state index contributed by atoms with van der Waals surface area (Å²) in [7, 11) is 0. The van der Waals surface area contributed by atoms with E-state index >= 15 is 0 Å². The lowest BCUT2D eigenvalue weighted by molar-refractivity contribution is 0.244. The Morgan fingerprint density at radius 2 is 1.77 bits per heavy atom. The van der Waals surface area contributed by atoms with Gasteiger partial charge in [-0.05, 0) is 52.2 Å². The predicted molar refractivity (Wildman–Crippen MR) is 63.1 cm³/mol. The van der Waals surface area contributed by atoms with Crippen LogP contribution in [0.1, 0.15) is 32.6 Å². The van der Waals surface area contributed by atoms with E-state index in [-0.39, 0.29) is 24.8 Å². The first-order valence-electron chi connectivity index (χ1n) is 4.78. The maximum absolute atomic E-state index is 5.46. The van der Waals surface area contributed by atoms with Crippen molar-refractivity contribution < 1.29 is 0 Å². The number of nitrogens with two attached hydrogens (primary N) is 1. The molecule has 1 fully saturated rings. The highest BCUT2D eigenvalue weighted by Gasteiger charge is 2.16. The number of hydrogen-bond acceptors (Lipinski definition) is 2. The van der Waals surface area contributed by atoms with Crippen LogP contribution in [0.2, 0.25) is 0 Å². The van der Waals surface area contributed by atoms with Crippen molar-refractivity contribution in [2.75, 3.05) is 19.6 Å². The van der Waals surface area contributed by atoms with Gasteiger partial charge >= 0.3 is 0 Å². The molecule has 1 aliphatic rings. The molecule has 4 heteroatoms. The molecule has 0 aromatic heterocycles. The van der Waals surface area contributed by atoms with Crippen molar-refractivity contribution in [1.82, 2.24) is 4.90 Å². The quantitative estimate of drug-likeness (QED) is 0.799. The van der Waals surface area contributed by atoms with Gasteiger partial charge in [-0.2, -0.15) is 0 Å². The highest BCUT2D eigenvalue weighted by molar-refractivity contribution is 5.85. The van der Waals surface area contributed by atoms with Crippen molar-refractivity contribution in [3.05, 3.63) is 0 Å². The zero-order valence-electron chi connectivity index (χ0n) is 8.37. The maximum atomic E-state index is 5.46. The van der Waals surface area contributed by atoms with Crippen LogP contribution in [0.25, 0.3) is 0 Å². The van der Waals surface area contributed by atoms with E-state index in [1.807, 2.05) is 0 Å². The summed E-state index contributed by atoms with van der Waals surface area (Å²) >= 11 is 0. The highest BCUT2D eigenvalue weighted by atomic mass is 35.5. The first kappa shape index (κ1) is 15.9. The Kier molecular flexibility index (Phi) is 11.1. The summed E-state index contributed by atoms with van der Waals surface area (Å²) in [5.74, 6) is 0. The van der Waals surface area contributed by atoms with E-state index in [9.17, 15) is 0 Å². The minimum absolute atomic E-state index is 0. The molecule has 0 amide bonds. The van der Waals surface area contributed by atoms with Crippen molar-refractivity contribution in [3.63, 3.8) is 0 Å². The molecule has 1 heterocycles. The lowest BCUT2D eigenvalue weighted by atomic mass is 10.1. The normalized spacial score (nSPS) is 18.9. The van der Waals surface area contributed by atoms with Gasteiger partial charge in [0.1, 0.15) is 0 Å².